The largest absolute Gasteiger partial charge is 0.374 e. The summed E-state index contributed by atoms with van der Waals surface area (Å²) in [6.45, 7) is 0. The van der Waals surface area contributed by atoms with Gasteiger partial charge in [-0.2, -0.15) is 0 Å². The van der Waals surface area contributed by atoms with Gasteiger partial charge in [0.15, 0.2) is 0 Å². The lowest BCUT2D eigenvalue weighted by Crippen LogP contribution is -2.62. The molecule has 0 amide bonds. The van der Waals surface area contributed by atoms with Gasteiger partial charge in [0.05, 0.1) is 48.8 Å². The summed E-state index contributed by atoms with van der Waals surface area (Å²) in [5.74, 6) is 6.24. The highest BCUT2D eigenvalue weighted by Crippen LogP contribution is 2.59. The maximum absolute atomic E-state index is 7.71. The van der Waals surface area contributed by atoms with E-state index in [0.717, 1.165) is 41.4 Å². The van der Waals surface area contributed by atoms with Crippen molar-refractivity contribution in [3.63, 3.8) is 0 Å². The van der Waals surface area contributed by atoms with Crippen LogP contribution in [0.4, 0.5) is 0 Å². The number of rotatable bonds is 3. The predicted molar refractivity (Wildman–Crippen MR) is 182 cm³/mol. The van der Waals surface area contributed by atoms with E-state index in [0.29, 0.717) is 72.9 Å². The van der Waals surface area contributed by atoms with Gasteiger partial charge in [-0.1, -0.05) is 44.9 Å². The SMILES string of the molecule is C1CCC2C(C1)OC1CC(N(C3CCCC4C5CCC6OC7CCCCC7C6C5OC43)C3CCCC4OC5CCCCC5C43)CCC12. The minimum Gasteiger partial charge on any atom is -0.374 e. The average molecular weight is 648 g/mol. The van der Waals surface area contributed by atoms with E-state index in [4.69, 9.17) is 18.9 Å². The Labute approximate surface area is 285 Å². The van der Waals surface area contributed by atoms with Crippen LogP contribution in [0, 0.1) is 47.3 Å². The summed E-state index contributed by atoms with van der Waals surface area (Å²) >= 11 is 0. The van der Waals surface area contributed by atoms with Crippen LogP contribution in [-0.2, 0) is 18.9 Å². The Morgan fingerprint density at radius 3 is 1.66 bits per heavy atom. The first-order chi connectivity index (χ1) is 23.3. The second-order valence-corrected chi connectivity index (χ2v) is 19.2. The molecule has 7 saturated carbocycles. The molecule has 0 radical (unpaired) electrons. The molecule has 47 heavy (non-hydrogen) atoms. The molecule has 11 fully saturated rings. The molecule has 0 spiro atoms. The Morgan fingerprint density at radius 1 is 0.319 bits per heavy atom. The van der Waals surface area contributed by atoms with Crippen molar-refractivity contribution >= 4 is 0 Å². The van der Waals surface area contributed by atoms with E-state index in [1.54, 1.807) is 0 Å². The van der Waals surface area contributed by atoms with E-state index in [1.165, 1.54) is 148 Å². The van der Waals surface area contributed by atoms with Gasteiger partial charge in [0, 0.05) is 30.0 Å². The lowest BCUT2D eigenvalue weighted by molar-refractivity contribution is -0.121. The normalized spacial score (nSPS) is 58.0. The molecular weight excluding hydrogens is 582 g/mol. The third kappa shape index (κ3) is 4.84. The van der Waals surface area contributed by atoms with E-state index in [9.17, 15) is 0 Å². The topological polar surface area (TPSA) is 40.2 Å². The van der Waals surface area contributed by atoms with Crippen molar-refractivity contribution in [3.8, 4) is 0 Å². The Hall–Kier alpha value is -0.200. The van der Waals surface area contributed by atoms with Gasteiger partial charge in [-0.3, -0.25) is 4.90 Å². The maximum atomic E-state index is 7.71. The smallest absolute Gasteiger partial charge is 0.0766 e. The van der Waals surface area contributed by atoms with Gasteiger partial charge in [0.2, 0.25) is 0 Å². The molecular formula is C42H65NO4. The second kappa shape index (κ2) is 12.2. The molecule has 0 aromatic heterocycles. The van der Waals surface area contributed by atoms with Crippen molar-refractivity contribution in [2.24, 2.45) is 47.3 Å². The first-order valence-electron chi connectivity index (χ1n) is 21.7. The molecule has 4 heterocycles. The van der Waals surface area contributed by atoms with Crippen molar-refractivity contribution in [3.05, 3.63) is 0 Å². The van der Waals surface area contributed by atoms with Crippen LogP contribution in [-0.4, -0.2) is 71.9 Å². The number of hydrogen-bond acceptors (Lipinski definition) is 5. The number of fused-ring (bicyclic) bond motifs is 13. The summed E-state index contributed by atoms with van der Waals surface area (Å²) < 4.78 is 28.6. The van der Waals surface area contributed by atoms with Crippen molar-refractivity contribution < 1.29 is 18.9 Å². The second-order valence-electron chi connectivity index (χ2n) is 19.2. The summed E-state index contributed by atoms with van der Waals surface area (Å²) in [6.07, 6.45) is 35.7. The van der Waals surface area contributed by atoms with Crippen LogP contribution >= 0.6 is 0 Å². The highest BCUT2D eigenvalue weighted by atomic mass is 16.5. The fourth-order valence-corrected chi connectivity index (χ4v) is 15.9. The summed E-state index contributed by atoms with van der Waals surface area (Å²) in [5, 5.41) is 0. The highest BCUT2D eigenvalue weighted by molar-refractivity contribution is 5.12. The van der Waals surface area contributed by atoms with E-state index >= 15 is 0 Å². The Bertz CT molecular complexity index is 1150. The zero-order chi connectivity index (χ0) is 30.6. The van der Waals surface area contributed by atoms with Gasteiger partial charge in [-0.25, -0.2) is 0 Å². The van der Waals surface area contributed by atoms with E-state index in [2.05, 4.69) is 4.90 Å². The number of ether oxygens (including phenoxy) is 4. The van der Waals surface area contributed by atoms with Gasteiger partial charge in [-0.15, -0.1) is 0 Å². The number of hydrogen-bond donors (Lipinski definition) is 0. The minimum atomic E-state index is 0.440. The molecule has 11 aliphatic rings. The standard InChI is InChI=1S/C42H65NO4/c1-4-15-33-25(9-1)26-20-19-24(23-38(26)46-33)43(31-13-8-18-36-39(31)29-10-2-5-16-34(29)44-36)32-14-7-12-27-28-21-22-37-40(42(28)47-41(27)32)30-11-3-6-17-35(30)45-37/h24-42H,1-23H2. The fourth-order valence-electron chi connectivity index (χ4n) is 15.9. The summed E-state index contributed by atoms with van der Waals surface area (Å²) in [5.41, 5.74) is 0. The molecule has 0 N–H and O–H groups in total. The third-order valence-electron chi connectivity index (χ3n) is 17.4. The molecule has 11 rings (SSSR count). The average Bonchev–Trinajstić information content (AvgIpc) is 3.88. The molecule has 0 aromatic rings. The lowest BCUT2D eigenvalue weighted by Gasteiger charge is -2.54. The summed E-state index contributed by atoms with van der Waals surface area (Å²) in [6, 6.07) is 1.95. The van der Waals surface area contributed by atoms with Crippen LogP contribution in [0.15, 0.2) is 0 Å². The van der Waals surface area contributed by atoms with Crippen LogP contribution < -0.4 is 0 Å². The van der Waals surface area contributed by atoms with E-state index in [-0.39, 0.29) is 0 Å². The van der Waals surface area contributed by atoms with E-state index in [1.807, 2.05) is 0 Å². The van der Waals surface area contributed by atoms with Crippen LogP contribution in [0.5, 0.6) is 0 Å². The van der Waals surface area contributed by atoms with E-state index < -0.39 is 0 Å². The lowest BCUT2D eigenvalue weighted by atomic mass is 9.64. The van der Waals surface area contributed by atoms with Crippen LogP contribution in [0.1, 0.15) is 148 Å². The number of nitrogens with zero attached hydrogens (tertiary/aromatic N) is 1. The molecule has 4 aliphatic heterocycles. The molecule has 262 valence electrons. The first-order valence-corrected chi connectivity index (χ1v) is 21.7. The van der Waals surface area contributed by atoms with Crippen molar-refractivity contribution in [2.45, 2.75) is 215 Å². The van der Waals surface area contributed by atoms with Crippen molar-refractivity contribution in [1.29, 1.82) is 0 Å². The van der Waals surface area contributed by atoms with Crippen LogP contribution in [0.2, 0.25) is 0 Å². The Morgan fingerprint density at radius 2 is 0.851 bits per heavy atom. The van der Waals surface area contributed by atoms with Gasteiger partial charge in [-0.05, 0) is 138 Å². The molecule has 7 aliphatic carbocycles. The third-order valence-corrected chi connectivity index (χ3v) is 17.4. The van der Waals surface area contributed by atoms with Gasteiger partial charge >= 0.3 is 0 Å². The van der Waals surface area contributed by atoms with Crippen molar-refractivity contribution in [1.82, 2.24) is 4.90 Å². The Kier molecular flexibility index (Phi) is 7.90. The van der Waals surface area contributed by atoms with Crippen molar-refractivity contribution in [2.75, 3.05) is 0 Å². The molecule has 4 saturated heterocycles. The summed E-state index contributed by atoms with van der Waals surface area (Å²) in [7, 11) is 0. The monoisotopic (exact) mass is 647 g/mol. The fraction of sp³-hybridized carbons (Fsp3) is 1.00. The van der Waals surface area contributed by atoms with Crippen LogP contribution in [0.3, 0.4) is 0 Å². The van der Waals surface area contributed by atoms with Crippen LogP contribution in [0.25, 0.3) is 0 Å². The highest BCUT2D eigenvalue weighted by Gasteiger charge is 2.62. The molecule has 19 unspecified atom stereocenters. The van der Waals surface area contributed by atoms with Gasteiger partial charge in [0.1, 0.15) is 0 Å². The predicted octanol–water partition coefficient (Wildman–Crippen LogP) is 8.46. The first kappa shape index (κ1) is 30.4. The molecule has 5 heteroatoms. The minimum absolute atomic E-state index is 0.440. The molecule has 5 nitrogen and oxygen atoms in total. The molecule has 0 bridgehead atoms. The molecule has 0 aromatic carbocycles. The quantitative estimate of drug-likeness (QED) is 0.307. The molecule has 19 atom stereocenters. The Balaban J connectivity index is 0.925. The maximum Gasteiger partial charge on any atom is 0.0766 e. The van der Waals surface area contributed by atoms with Gasteiger partial charge < -0.3 is 18.9 Å². The zero-order valence-electron chi connectivity index (χ0n) is 29.3. The zero-order valence-corrected chi connectivity index (χ0v) is 29.3. The van der Waals surface area contributed by atoms with Gasteiger partial charge in [0.25, 0.3) is 0 Å². The summed E-state index contributed by atoms with van der Waals surface area (Å²) in [4.78, 5) is 3.28.